The maximum absolute atomic E-state index is 12.5. The standard InChI is InChI=1S/C6H4F3NO/c1-11-3-2-10-6(9)5(8)4(3)7/h2H,1H3. The van der Waals surface area contributed by atoms with Crippen LogP contribution in [0.3, 0.4) is 0 Å². The Hall–Kier alpha value is -1.26. The average molecular weight is 163 g/mol. The van der Waals surface area contributed by atoms with E-state index in [-0.39, 0.29) is 0 Å². The number of hydrogen-bond donors (Lipinski definition) is 0. The van der Waals surface area contributed by atoms with Gasteiger partial charge in [0.25, 0.3) is 5.95 Å². The quantitative estimate of drug-likeness (QED) is 0.585. The zero-order valence-corrected chi connectivity index (χ0v) is 5.57. The maximum Gasteiger partial charge on any atom is 0.252 e. The molecule has 0 saturated carbocycles. The third-order valence-electron chi connectivity index (χ3n) is 1.11. The van der Waals surface area contributed by atoms with Crippen molar-refractivity contribution in [2.45, 2.75) is 0 Å². The number of hydrogen-bond acceptors (Lipinski definition) is 2. The molecule has 0 aliphatic heterocycles. The summed E-state index contributed by atoms with van der Waals surface area (Å²) < 4.78 is 41.2. The lowest BCUT2D eigenvalue weighted by molar-refractivity contribution is 0.351. The van der Waals surface area contributed by atoms with Crippen molar-refractivity contribution in [1.82, 2.24) is 4.98 Å². The molecule has 11 heavy (non-hydrogen) atoms. The largest absolute Gasteiger partial charge is 0.492 e. The van der Waals surface area contributed by atoms with Gasteiger partial charge in [0.2, 0.25) is 11.6 Å². The summed E-state index contributed by atoms with van der Waals surface area (Å²) in [4.78, 5) is 2.90. The molecular formula is C6H4F3NO. The Morgan fingerprint density at radius 3 is 2.45 bits per heavy atom. The molecule has 0 spiro atoms. The van der Waals surface area contributed by atoms with Gasteiger partial charge in [0.1, 0.15) is 0 Å². The zero-order valence-electron chi connectivity index (χ0n) is 5.57. The molecule has 0 N–H and O–H groups in total. The highest BCUT2D eigenvalue weighted by atomic mass is 19.2. The summed E-state index contributed by atoms with van der Waals surface area (Å²) in [6, 6.07) is 0. The number of rotatable bonds is 1. The van der Waals surface area contributed by atoms with Gasteiger partial charge in [-0.25, -0.2) is 4.98 Å². The Labute approximate surface area is 60.6 Å². The van der Waals surface area contributed by atoms with Crippen molar-refractivity contribution >= 4 is 0 Å². The third kappa shape index (κ3) is 1.26. The van der Waals surface area contributed by atoms with E-state index in [1.165, 1.54) is 0 Å². The molecular weight excluding hydrogens is 159 g/mol. The molecule has 1 aromatic heterocycles. The van der Waals surface area contributed by atoms with E-state index in [2.05, 4.69) is 9.72 Å². The number of aromatic nitrogens is 1. The monoisotopic (exact) mass is 163 g/mol. The van der Waals surface area contributed by atoms with Crippen LogP contribution in [-0.4, -0.2) is 12.1 Å². The molecule has 0 amide bonds. The second kappa shape index (κ2) is 2.77. The van der Waals surface area contributed by atoms with Gasteiger partial charge in [0.05, 0.1) is 13.3 Å². The first-order chi connectivity index (χ1) is 5.16. The summed E-state index contributed by atoms with van der Waals surface area (Å²) in [5.41, 5.74) is 0. The highest BCUT2D eigenvalue weighted by molar-refractivity contribution is 5.20. The van der Waals surface area contributed by atoms with Gasteiger partial charge in [-0.05, 0) is 0 Å². The Morgan fingerprint density at radius 2 is 1.91 bits per heavy atom. The van der Waals surface area contributed by atoms with Crippen LogP contribution in [0.2, 0.25) is 0 Å². The van der Waals surface area contributed by atoms with Gasteiger partial charge in [0.15, 0.2) is 5.75 Å². The van der Waals surface area contributed by atoms with Crippen molar-refractivity contribution in [3.05, 3.63) is 23.8 Å². The first-order valence-corrected chi connectivity index (χ1v) is 2.70. The molecule has 60 valence electrons. The van der Waals surface area contributed by atoms with Crippen molar-refractivity contribution in [1.29, 1.82) is 0 Å². The average Bonchev–Trinajstić information content (AvgIpc) is 2.01. The minimum absolute atomic E-state index is 0.413. The fourth-order valence-corrected chi connectivity index (χ4v) is 0.570. The second-order valence-electron chi connectivity index (χ2n) is 1.75. The summed E-state index contributed by atoms with van der Waals surface area (Å²) in [6.45, 7) is 0. The first kappa shape index (κ1) is 7.84. The molecule has 1 aromatic rings. The van der Waals surface area contributed by atoms with Gasteiger partial charge in [-0.15, -0.1) is 0 Å². The van der Waals surface area contributed by atoms with E-state index >= 15 is 0 Å². The van der Waals surface area contributed by atoms with E-state index in [0.29, 0.717) is 0 Å². The van der Waals surface area contributed by atoms with E-state index in [1.807, 2.05) is 0 Å². The van der Waals surface area contributed by atoms with Gasteiger partial charge in [-0.2, -0.15) is 13.2 Å². The fourth-order valence-electron chi connectivity index (χ4n) is 0.570. The molecule has 0 bridgehead atoms. The van der Waals surface area contributed by atoms with Gasteiger partial charge in [-0.1, -0.05) is 0 Å². The number of methoxy groups -OCH3 is 1. The highest BCUT2D eigenvalue weighted by Gasteiger charge is 2.14. The molecule has 0 radical (unpaired) electrons. The predicted octanol–water partition coefficient (Wildman–Crippen LogP) is 1.51. The molecule has 0 aromatic carbocycles. The molecule has 0 aliphatic rings. The van der Waals surface area contributed by atoms with Crippen molar-refractivity contribution in [3.8, 4) is 5.75 Å². The van der Waals surface area contributed by atoms with Crippen LogP contribution >= 0.6 is 0 Å². The molecule has 1 rings (SSSR count). The molecule has 2 nitrogen and oxygen atoms in total. The molecule has 1 heterocycles. The third-order valence-corrected chi connectivity index (χ3v) is 1.11. The zero-order chi connectivity index (χ0) is 8.43. The van der Waals surface area contributed by atoms with Crippen LogP contribution in [0.15, 0.2) is 6.20 Å². The Bertz CT molecular complexity index is 277. The number of ether oxygens (including phenoxy) is 1. The lowest BCUT2D eigenvalue weighted by Crippen LogP contribution is -1.97. The van der Waals surface area contributed by atoms with Gasteiger partial charge in [-0.3, -0.25) is 0 Å². The summed E-state index contributed by atoms with van der Waals surface area (Å²) in [5.74, 6) is -4.86. The van der Waals surface area contributed by atoms with Crippen LogP contribution in [0.1, 0.15) is 0 Å². The van der Waals surface area contributed by atoms with E-state index in [0.717, 1.165) is 13.3 Å². The smallest absolute Gasteiger partial charge is 0.252 e. The van der Waals surface area contributed by atoms with E-state index < -0.39 is 23.3 Å². The molecule has 0 saturated heterocycles. The summed E-state index contributed by atoms with van der Waals surface area (Å²) in [7, 11) is 1.14. The molecule has 0 unspecified atom stereocenters. The van der Waals surface area contributed by atoms with Gasteiger partial charge in [0, 0.05) is 0 Å². The summed E-state index contributed by atoms with van der Waals surface area (Å²) in [5, 5.41) is 0. The summed E-state index contributed by atoms with van der Waals surface area (Å²) >= 11 is 0. The lowest BCUT2D eigenvalue weighted by atomic mass is 10.4. The minimum atomic E-state index is -1.62. The Balaban J connectivity index is 3.25. The summed E-state index contributed by atoms with van der Waals surface area (Å²) in [6.07, 6.45) is 0.772. The SMILES string of the molecule is COc1cnc(F)c(F)c1F. The number of nitrogens with zero attached hydrogens (tertiary/aromatic N) is 1. The van der Waals surface area contributed by atoms with Crippen LogP contribution in [0, 0.1) is 17.6 Å². The van der Waals surface area contributed by atoms with Crippen LogP contribution in [-0.2, 0) is 0 Å². The molecule has 0 fully saturated rings. The highest BCUT2D eigenvalue weighted by Crippen LogP contribution is 2.18. The van der Waals surface area contributed by atoms with E-state index in [4.69, 9.17) is 0 Å². The first-order valence-electron chi connectivity index (χ1n) is 2.70. The number of pyridine rings is 1. The second-order valence-corrected chi connectivity index (χ2v) is 1.75. The van der Waals surface area contributed by atoms with Crippen LogP contribution in [0.4, 0.5) is 13.2 Å². The van der Waals surface area contributed by atoms with Crippen molar-refractivity contribution in [3.63, 3.8) is 0 Å². The maximum atomic E-state index is 12.5. The topological polar surface area (TPSA) is 22.1 Å². The van der Waals surface area contributed by atoms with Crippen molar-refractivity contribution in [2.24, 2.45) is 0 Å². The Morgan fingerprint density at radius 1 is 1.27 bits per heavy atom. The van der Waals surface area contributed by atoms with Crippen molar-refractivity contribution in [2.75, 3.05) is 7.11 Å². The van der Waals surface area contributed by atoms with Crippen molar-refractivity contribution < 1.29 is 17.9 Å². The van der Waals surface area contributed by atoms with Crippen LogP contribution in [0.5, 0.6) is 5.75 Å². The molecule has 5 heteroatoms. The van der Waals surface area contributed by atoms with E-state index in [9.17, 15) is 13.2 Å². The fraction of sp³-hybridized carbons (Fsp3) is 0.167. The van der Waals surface area contributed by atoms with E-state index in [1.54, 1.807) is 0 Å². The number of halogens is 3. The Kier molecular flexibility index (Phi) is 1.98. The molecule has 0 aliphatic carbocycles. The molecule has 0 atom stereocenters. The van der Waals surface area contributed by atoms with Crippen LogP contribution < -0.4 is 4.74 Å². The normalized spacial score (nSPS) is 9.82. The lowest BCUT2D eigenvalue weighted by Gasteiger charge is -2.00. The van der Waals surface area contributed by atoms with Crippen LogP contribution in [0.25, 0.3) is 0 Å². The van der Waals surface area contributed by atoms with Gasteiger partial charge >= 0.3 is 0 Å². The predicted molar refractivity (Wildman–Crippen MR) is 30.7 cm³/mol. The minimum Gasteiger partial charge on any atom is -0.492 e. The van der Waals surface area contributed by atoms with Gasteiger partial charge < -0.3 is 4.74 Å².